The molecule has 1 fully saturated rings. The van der Waals surface area contributed by atoms with Crippen molar-refractivity contribution in [1.82, 2.24) is 4.90 Å². The molecule has 1 rings (SSSR count). The smallest absolute Gasteiger partial charge is 0.228 e. The monoisotopic (exact) mass is 169 g/mol. The third-order valence-corrected chi connectivity index (χ3v) is 3.51. The van der Waals surface area contributed by atoms with Gasteiger partial charge in [-0.15, -0.1) is 0 Å². The molecule has 2 nitrogen and oxygen atoms in total. The van der Waals surface area contributed by atoms with Crippen LogP contribution < -0.4 is 0 Å². The van der Waals surface area contributed by atoms with Crippen molar-refractivity contribution in [2.45, 2.75) is 40.7 Å². The first-order valence-electron chi connectivity index (χ1n) is 4.74. The van der Waals surface area contributed by atoms with Gasteiger partial charge in [0, 0.05) is 18.0 Å². The van der Waals surface area contributed by atoms with Crippen LogP contribution in [0, 0.1) is 11.3 Å². The van der Waals surface area contributed by atoms with Crippen LogP contribution in [-0.2, 0) is 4.79 Å². The Bertz CT molecular complexity index is 198. The van der Waals surface area contributed by atoms with Crippen LogP contribution in [0.1, 0.15) is 34.6 Å². The van der Waals surface area contributed by atoms with Gasteiger partial charge in [-0.2, -0.15) is 0 Å². The molecule has 1 amide bonds. The van der Waals surface area contributed by atoms with Gasteiger partial charge >= 0.3 is 0 Å². The second-order valence-electron chi connectivity index (χ2n) is 4.34. The zero-order valence-corrected chi connectivity index (χ0v) is 8.72. The largest absolute Gasteiger partial charge is 0.339 e. The van der Waals surface area contributed by atoms with Gasteiger partial charge in [0.25, 0.3) is 0 Å². The lowest BCUT2D eigenvalue weighted by Crippen LogP contribution is -2.33. The Labute approximate surface area is 74.9 Å². The van der Waals surface area contributed by atoms with Gasteiger partial charge in [0.2, 0.25) is 5.91 Å². The number of likely N-dealkylation sites (tertiary alicyclic amines) is 1. The average molecular weight is 169 g/mol. The molecule has 0 spiro atoms. The van der Waals surface area contributed by atoms with E-state index in [1.54, 1.807) is 0 Å². The van der Waals surface area contributed by atoms with E-state index in [0.29, 0.717) is 17.9 Å². The topological polar surface area (TPSA) is 20.3 Å². The standard InChI is InChI=1S/C10H19NO/c1-6-11-8(3)7(2)10(4,5)9(11)12/h7-8H,6H2,1-5H3/t7-,8?/m1/s1. The van der Waals surface area contributed by atoms with Crippen LogP contribution in [0.2, 0.25) is 0 Å². The normalized spacial score (nSPS) is 34.4. The van der Waals surface area contributed by atoms with E-state index in [2.05, 4.69) is 13.8 Å². The highest BCUT2D eigenvalue weighted by atomic mass is 16.2. The molecule has 0 N–H and O–H groups in total. The van der Waals surface area contributed by atoms with Crippen molar-refractivity contribution in [3.63, 3.8) is 0 Å². The van der Waals surface area contributed by atoms with Crippen molar-refractivity contribution in [2.24, 2.45) is 11.3 Å². The van der Waals surface area contributed by atoms with Gasteiger partial charge in [-0.25, -0.2) is 0 Å². The summed E-state index contributed by atoms with van der Waals surface area (Å²) < 4.78 is 0. The zero-order chi connectivity index (χ0) is 9.52. The summed E-state index contributed by atoms with van der Waals surface area (Å²) in [6.45, 7) is 11.3. The van der Waals surface area contributed by atoms with Crippen molar-refractivity contribution in [1.29, 1.82) is 0 Å². The second kappa shape index (κ2) is 2.75. The molecule has 1 heterocycles. The number of nitrogens with zero attached hydrogens (tertiary/aromatic N) is 1. The predicted molar refractivity (Wildman–Crippen MR) is 49.8 cm³/mol. The van der Waals surface area contributed by atoms with Crippen LogP contribution in [0.5, 0.6) is 0 Å². The summed E-state index contributed by atoms with van der Waals surface area (Å²) in [6, 6.07) is 0.400. The lowest BCUT2D eigenvalue weighted by atomic mass is 9.80. The van der Waals surface area contributed by atoms with Crippen LogP contribution in [0.4, 0.5) is 0 Å². The fourth-order valence-corrected chi connectivity index (χ4v) is 2.05. The van der Waals surface area contributed by atoms with E-state index in [0.717, 1.165) is 6.54 Å². The Morgan fingerprint density at radius 2 is 1.92 bits per heavy atom. The number of rotatable bonds is 1. The second-order valence-corrected chi connectivity index (χ2v) is 4.34. The first-order chi connectivity index (χ1) is 5.42. The molecule has 0 aromatic carbocycles. The number of amides is 1. The Hall–Kier alpha value is -0.530. The minimum Gasteiger partial charge on any atom is -0.339 e. The minimum absolute atomic E-state index is 0.157. The van der Waals surface area contributed by atoms with Gasteiger partial charge in [0.15, 0.2) is 0 Å². The Morgan fingerprint density at radius 3 is 2.08 bits per heavy atom. The maximum atomic E-state index is 11.8. The van der Waals surface area contributed by atoms with Crippen molar-refractivity contribution >= 4 is 5.91 Å². The molecule has 0 aromatic heterocycles. The summed E-state index contributed by atoms with van der Waals surface area (Å²) in [6.07, 6.45) is 0. The van der Waals surface area contributed by atoms with E-state index in [9.17, 15) is 4.79 Å². The summed E-state index contributed by atoms with van der Waals surface area (Å²) in [5, 5.41) is 0. The number of carbonyl (C=O) groups excluding carboxylic acids is 1. The van der Waals surface area contributed by atoms with Crippen molar-refractivity contribution < 1.29 is 4.79 Å². The van der Waals surface area contributed by atoms with Gasteiger partial charge in [-0.05, 0) is 19.8 Å². The molecule has 2 heteroatoms. The molecular formula is C10H19NO. The van der Waals surface area contributed by atoms with Gasteiger partial charge in [-0.3, -0.25) is 4.79 Å². The van der Waals surface area contributed by atoms with Crippen LogP contribution in [-0.4, -0.2) is 23.4 Å². The Balaban J connectivity index is 2.94. The van der Waals surface area contributed by atoms with E-state index >= 15 is 0 Å². The summed E-state index contributed by atoms with van der Waals surface area (Å²) >= 11 is 0. The van der Waals surface area contributed by atoms with Crippen molar-refractivity contribution in [3.8, 4) is 0 Å². The fraction of sp³-hybridized carbons (Fsp3) is 0.900. The van der Waals surface area contributed by atoms with Gasteiger partial charge in [0.1, 0.15) is 0 Å². The molecule has 70 valence electrons. The fourth-order valence-electron chi connectivity index (χ4n) is 2.05. The molecule has 0 bridgehead atoms. The van der Waals surface area contributed by atoms with E-state index < -0.39 is 0 Å². The molecule has 0 aliphatic carbocycles. The van der Waals surface area contributed by atoms with E-state index in [1.807, 2.05) is 25.7 Å². The zero-order valence-electron chi connectivity index (χ0n) is 8.72. The lowest BCUT2D eigenvalue weighted by molar-refractivity contribution is -0.135. The highest BCUT2D eigenvalue weighted by Crippen LogP contribution is 2.40. The molecule has 1 aliphatic rings. The molecule has 2 atom stereocenters. The van der Waals surface area contributed by atoms with Gasteiger partial charge in [-0.1, -0.05) is 20.8 Å². The third-order valence-electron chi connectivity index (χ3n) is 3.51. The van der Waals surface area contributed by atoms with Crippen LogP contribution in [0.3, 0.4) is 0 Å². The highest BCUT2D eigenvalue weighted by molar-refractivity contribution is 5.85. The number of carbonyl (C=O) groups is 1. The Kier molecular flexibility index (Phi) is 2.19. The van der Waals surface area contributed by atoms with E-state index in [4.69, 9.17) is 0 Å². The maximum absolute atomic E-state index is 11.8. The SMILES string of the molecule is CCN1C(=O)C(C)(C)[C@H](C)C1C. The minimum atomic E-state index is -0.157. The van der Waals surface area contributed by atoms with Crippen LogP contribution in [0.25, 0.3) is 0 Å². The lowest BCUT2D eigenvalue weighted by Gasteiger charge is -2.21. The number of hydrogen-bond donors (Lipinski definition) is 0. The molecule has 12 heavy (non-hydrogen) atoms. The van der Waals surface area contributed by atoms with Crippen LogP contribution in [0.15, 0.2) is 0 Å². The van der Waals surface area contributed by atoms with E-state index in [1.165, 1.54) is 0 Å². The summed E-state index contributed by atoms with van der Waals surface area (Å²) in [5.41, 5.74) is -0.157. The summed E-state index contributed by atoms with van der Waals surface area (Å²) in [5.74, 6) is 0.773. The summed E-state index contributed by atoms with van der Waals surface area (Å²) in [7, 11) is 0. The molecule has 0 radical (unpaired) electrons. The average Bonchev–Trinajstić information content (AvgIpc) is 2.15. The van der Waals surface area contributed by atoms with Crippen LogP contribution >= 0.6 is 0 Å². The maximum Gasteiger partial charge on any atom is 0.228 e. The molecule has 0 saturated carbocycles. The predicted octanol–water partition coefficient (Wildman–Crippen LogP) is 1.90. The quantitative estimate of drug-likeness (QED) is 0.587. The molecule has 1 aliphatic heterocycles. The summed E-state index contributed by atoms with van der Waals surface area (Å²) in [4.78, 5) is 13.8. The van der Waals surface area contributed by atoms with E-state index in [-0.39, 0.29) is 5.41 Å². The van der Waals surface area contributed by atoms with Gasteiger partial charge < -0.3 is 4.90 Å². The molecule has 1 unspecified atom stereocenters. The first-order valence-corrected chi connectivity index (χ1v) is 4.74. The molecule has 0 aromatic rings. The first kappa shape index (κ1) is 9.56. The molecular weight excluding hydrogens is 150 g/mol. The highest BCUT2D eigenvalue weighted by Gasteiger charge is 2.48. The number of hydrogen-bond acceptors (Lipinski definition) is 1. The van der Waals surface area contributed by atoms with Crippen molar-refractivity contribution in [2.75, 3.05) is 6.54 Å². The third kappa shape index (κ3) is 1.05. The van der Waals surface area contributed by atoms with Gasteiger partial charge in [0.05, 0.1) is 0 Å². The molecule has 1 saturated heterocycles. The van der Waals surface area contributed by atoms with Crippen molar-refractivity contribution in [3.05, 3.63) is 0 Å². The Morgan fingerprint density at radius 1 is 1.42 bits per heavy atom.